The molecule has 2 fully saturated rings. The molecule has 138 valence electrons. The molecule has 2 nitrogen and oxygen atoms in total. The van der Waals surface area contributed by atoms with Crippen molar-refractivity contribution in [3.63, 3.8) is 0 Å². The van der Waals surface area contributed by atoms with Crippen LogP contribution in [0.15, 0.2) is 60.7 Å². The van der Waals surface area contributed by atoms with E-state index in [1.54, 1.807) is 0 Å². The van der Waals surface area contributed by atoms with Gasteiger partial charge in [-0.1, -0.05) is 67.1 Å². The lowest BCUT2D eigenvalue weighted by atomic mass is 9.88. The van der Waals surface area contributed by atoms with E-state index in [1.165, 1.54) is 42.1 Å². The van der Waals surface area contributed by atoms with Gasteiger partial charge in [0.2, 0.25) is 9.04 Å². The van der Waals surface area contributed by atoms with Crippen LogP contribution in [0.2, 0.25) is 19.1 Å². The van der Waals surface area contributed by atoms with Crippen molar-refractivity contribution in [3.05, 3.63) is 60.7 Å². The van der Waals surface area contributed by atoms with Crippen LogP contribution in [0, 0.1) is 5.92 Å². The molecule has 4 rings (SSSR count). The Kier molecular flexibility index (Phi) is 5.46. The maximum atomic E-state index is 6.98. The Labute approximate surface area is 160 Å². The molecule has 1 heterocycles. The Bertz CT molecular complexity index is 665. The molecular weight excluding hydrogens is 352 g/mol. The van der Waals surface area contributed by atoms with Crippen LogP contribution in [-0.2, 0) is 8.85 Å². The zero-order chi connectivity index (χ0) is 18.0. The molecule has 2 aliphatic rings. The van der Waals surface area contributed by atoms with E-state index < -0.39 is 17.4 Å². The van der Waals surface area contributed by atoms with E-state index in [4.69, 9.17) is 8.85 Å². The Morgan fingerprint density at radius 2 is 1.54 bits per heavy atom. The molecule has 0 bridgehead atoms. The first-order valence-electron chi connectivity index (χ1n) is 10.0. The molecule has 1 aliphatic heterocycles. The Hall–Kier alpha value is -1.21. The molecule has 2 aromatic rings. The third-order valence-corrected chi connectivity index (χ3v) is 12.9. The first kappa shape index (κ1) is 18.2. The van der Waals surface area contributed by atoms with Crippen molar-refractivity contribution >= 4 is 27.7 Å². The summed E-state index contributed by atoms with van der Waals surface area (Å²) in [6.45, 7) is 4.83. The van der Waals surface area contributed by atoms with Crippen LogP contribution in [-0.4, -0.2) is 29.6 Å². The predicted octanol–water partition coefficient (Wildman–Crippen LogP) is 3.70. The number of hydrogen-bond donors (Lipinski definition) is 0. The van der Waals surface area contributed by atoms with E-state index >= 15 is 0 Å². The van der Waals surface area contributed by atoms with Crippen LogP contribution in [0.25, 0.3) is 0 Å². The van der Waals surface area contributed by atoms with Crippen LogP contribution in [0.3, 0.4) is 0 Å². The first-order chi connectivity index (χ1) is 12.6. The molecular formula is C22H30O2Si2. The van der Waals surface area contributed by atoms with Gasteiger partial charge in [-0.2, -0.15) is 0 Å². The lowest BCUT2D eigenvalue weighted by molar-refractivity contribution is 0.355. The van der Waals surface area contributed by atoms with Crippen LogP contribution >= 0.6 is 0 Å². The van der Waals surface area contributed by atoms with E-state index in [9.17, 15) is 0 Å². The zero-order valence-corrected chi connectivity index (χ0v) is 18.1. The van der Waals surface area contributed by atoms with Crippen molar-refractivity contribution in [2.45, 2.75) is 57.0 Å². The number of fused-ring (bicyclic) bond motifs is 1. The number of ether oxygens (including phenoxy) is 1. The SMILES string of the molecule is C[Si](C)(CCC1CCC2OC2C1)O[SiH](c1ccccc1)c1ccccc1. The average molecular weight is 383 g/mol. The molecule has 1 saturated carbocycles. The zero-order valence-electron chi connectivity index (χ0n) is 15.9. The molecule has 3 atom stereocenters. The van der Waals surface area contributed by atoms with Crippen molar-refractivity contribution in [3.8, 4) is 0 Å². The molecule has 26 heavy (non-hydrogen) atoms. The largest absolute Gasteiger partial charge is 0.451 e. The molecule has 1 saturated heterocycles. The van der Waals surface area contributed by atoms with Crippen molar-refractivity contribution < 1.29 is 8.85 Å². The molecule has 0 spiro atoms. The van der Waals surface area contributed by atoms with Crippen LogP contribution < -0.4 is 10.4 Å². The Morgan fingerprint density at radius 1 is 0.923 bits per heavy atom. The van der Waals surface area contributed by atoms with E-state index in [0.717, 1.165) is 5.92 Å². The fraction of sp³-hybridized carbons (Fsp3) is 0.455. The van der Waals surface area contributed by atoms with Crippen LogP contribution in [0.1, 0.15) is 25.7 Å². The Morgan fingerprint density at radius 3 is 2.12 bits per heavy atom. The minimum Gasteiger partial charge on any atom is -0.451 e. The quantitative estimate of drug-likeness (QED) is 0.538. The van der Waals surface area contributed by atoms with Gasteiger partial charge in [0.15, 0.2) is 8.32 Å². The second-order valence-electron chi connectivity index (χ2n) is 8.51. The van der Waals surface area contributed by atoms with Gasteiger partial charge in [0.1, 0.15) is 0 Å². The lowest BCUT2D eigenvalue weighted by Crippen LogP contribution is -2.51. The smallest absolute Gasteiger partial charge is 0.228 e. The molecule has 0 N–H and O–H groups in total. The summed E-state index contributed by atoms with van der Waals surface area (Å²) in [6, 6.07) is 23.0. The van der Waals surface area contributed by atoms with Crippen molar-refractivity contribution in [1.82, 2.24) is 0 Å². The molecule has 2 aromatic carbocycles. The summed E-state index contributed by atoms with van der Waals surface area (Å²) >= 11 is 0. The Balaban J connectivity index is 1.43. The summed E-state index contributed by atoms with van der Waals surface area (Å²) < 4.78 is 12.7. The van der Waals surface area contributed by atoms with Gasteiger partial charge in [0.05, 0.1) is 12.2 Å². The second-order valence-corrected chi connectivity index (χ2v) is 15.6. The standard InChI is InChI=1S/C22H30O2Si2/c1-26(2,16-15-18-13-14-21-22(17-18)23-21)24-25(19-9-5-3-6-10-19)20-11-7-4-8-12-20/h3-12,18,21-22,25H,13-17H2,1-2H3. The van der Waals surface area contributed by atoms with Gasteiger partial charge >= 0.3 is 0 Å². The van der Waals surface area contributed by atoms with Gasteiger partial charge in [0, 0.05) is 0 Å². The number of hydrogen-bond acceptors (Lipinski definition) is 2. The highest BCUT2D eigenvalue weighted by Crippen LogP contribution is 2.41. The van der Waals surface area contributed by atoms with E-state index in [0.29, 0.717) is 12.2 Å². The average Bonchev–Trinajstić information content (AvgIpc) is 3.45. The summed E-state index contributed by atoms with van der Waals surface area (Å²) in [6.07, 6.45) is 6.44. The summed E-state index contributed by atoms with van der Waals surface area (Å²) in [7, 11) is -3.32. The minimum atomic E-state index is -1.70. The maximum absolute atomic E-state index is 6.98. The van der Waals surface area contributed by atoms with E-state index in [1.807, 2.05) is 0 Å². The normalized spacial score (nSPS) is 25.1. The van der Waals surface area contributed by atoms with Crippen LogP contribution in [0.5, 0.6) is 0 Å². The number of benzene rings is 2. The molecule has 0 amide bonds. The predicted molar refractivity (Wildman–Crippen MR) is 113 cm³/mol. The van der Waals surface area contributed by atoms with Gasteiger partial charge in [0.25, 0.3) is 0 Å². The summed E-state index contributed by atoms with van der Waals surface area (Å²) in [5, 5.41) is 2.79. The molecule has 0 aromatic heterocycles. The summed E-state index contributed by atoms with van der Waals surface area (Å²) in [5.74, 6) is 0.850. The number of epoxide rings is 1. The van der Waals surface area contributed by atoms with E-state index in [2.05, 4.69) is 73.8 Å². The van der Waals surface area contributed by atoms with Crippen LogP contribution in [0.4, 0.5) is 0 Å². The fourth-order valence-electron chi connectivity index (χ4n) is 4.26. The highest BCUT2D eigenvalue weighted by molar-refractivity contribution is 6.89. The summed E-state index contributed by atoms with van der Waals surface area (Å²) in [5.41, 5.74) is 0. The molecule has 3 unspecified atom stereocenters. The fourth-order valence-corrected chi connectivity index (χ4v) is 11.0. The van der Waals surface area contributed by atoms with Crippen molar-refractivity contribution in [1.29, 1.82) is 0 Å². The first-order valence-corrected chi connectivity index (χ1v) is 14.8. The van der Waals surface area contributed by atoms with Gasteiger partial charge in [-0.05, 0) is 54.7 Å². The van der Waals surface area contributed by atoms with Crippen molar-refractivity contribution in [2.75, 3.05) is 0 Å². The maximum Gasteiger partial charge on any atom is 0.228 e. The lowest BCUT2D eigenvalue weighted by Gasteiger charge is -2.31. The monoisotopic (exact) mass is 382 g/mol. The molecule has 1 aliphatic carbocycles. The molecule has 0 radical (unpaired) electrons. The highest BCUT2D eigenvalue weighted by atomic mass is 28.4. The summed E-state index contributed by atoms with van der Waals surface area (Å²) in [4.78, 5) is 0. The topological polar surface area (TPSA) is 21.8 Å². The third-order valence-electron chi connectivity index (χ3n) is 5.91. The van der Waals surface area contributed by atoms with Crippen molar-refractivity contribution in [2.24, 2.45) is 5.92 Å². The number of rotatable bonds is 7. The third kappa shape index (κ3) is 4.55. The van der Waals surface area contributed by atoms with Gasteiger partial charge in [-0.3, -0.25) is 0 Å². The minimum absolute atomic E-state index is 0.593. The second kappa shape index (κ2) is 7.81. The highest BCUT2D eigenvalue weighted by Gasteiger charge is 2.44. The van der Waals surface area contributed by atoms with Gasteiger partial charge < -0.3 is 8.85 Å². The van der Waals surface area contributed by atoms with E-state index in [-0.39, 0.29) is 0 Å². The van der Waals surface area contributed by atoms with Gasteiger partial charge in [-0.25, -0.2) is 0 Å². The molecule has 4 heteroatoms. The van der Waals surface area contributed by atoms with Gasteiger partial charge in [-0.15, -0.1) is 0 Å².